The monoisotopic (exact) mass is 405 g/mol. The van der Waals surface area contributed by atoms with Crippen LogP contribution in [0.5, 0.6) is 5.75 Å². The second kappa shape index (κ2) is 7.56. The third kappa shape index (κ3) is 3.90. The molecule has 0 aliphatic carbocycles. The van der Waals surface area contributed by atoms with Crippen molar-refractivity contribution < 1.29 is 13.9 Å². The fraction of sp³-hybridized carbons (Fsp3) is 0.421. The molecule has 0 spiro atoms. The number of halogens is 2. The number of rotatable bonds is 4. The number of hydrogen-bond donors (Lipinski definition) is 1. The number of aromatic hydroxyl groups is 1. The van der Waals surface area contributed by atoms with E-state index in [0.717, 1.165) is 34.4 Å². The number of hydrogen-bond acceptors (Lipinski definition) is 6. The Bertz CT molecular complexity index is 988. The zero-order valence-electron chi connectivity index (χ0n) is 15.7. The van der Waals surface area contributed by atoms with E-state index in [2.05, 4.69) is 15.1 Å². The summed E-state index contributed by atoms with van der Waals surface area (Å²) in [5.41, 5.74) is 3.98. The summed E-state index contributed by atoms with van der Waals surface area (Å²) in [6, 6.07) is 3.70. The second-order valence-electron chi connectivity index (χ2n) is 7.12. The molecular weight excluding hydrogens is 384 g/mol. The first kappa shape index (κ1) is 18.9. The van der Waals surface area contributed by atoms with Crippen molar-refractivity contribution in [1.82, 2.24) is 19.7 Å². The summed E-state index contributed by atoms with van der Waals surface area (Å²) in [7, 11) is 0. The Morgan fingerprint density at radius 1 is 1.32 bits per heavy atom. The van der Waals surface area contributed by atoms with Crippen molar-refractivity contribution in [2.45, 2.75) is 33.1 Å². The fourth-order valence-electron chi connectivity index (χ4n) is 3.61. The van der Waals surface area contributed by atoms with Gasteiger partial charge in [0.15, 0.2) is 5.65 Å². The number of nitrogens with zero attached hydrogens (tertiary/aromatic N) is 5. The number of phenols is 1. The van der Waals surface area contributed by atoms with Gasteiger partial charge >= 0.3 is 0 Å². The minimum absolute atomic E-state index is 0.175. The minimum Gasteiger partial charge on any atom is -0.506 e. The molecule has 1 aliphatic heterocycles. The lowest BCUT2D eigenvalue weighted by Crippen LogP contribution is -2.38. The Morgan fingerprint density at radius 2 is 2.14 bits per heavy atom. The topological polar surface area (TPSA) is 66.5 Å². The van der Waals surface area contributed by atoms with Crippen LogP contribution in [0.25, 0.3) is 16.0 Å². The molecule has 1 N–H and O–H groups in total. The number of benzene rings is 1. The number of phenolic OH excluding ortho intramolecular Hbond substituents is 1. The van der Waals surface area contributed by atoms with E-state index in [-0.39, 0.29) is 12.3 Å². The van der Waals surface area contributed by atoms with Gasteiger partial charge in [0.2, 0.25) is 5.13 Å². The molecule has 1 fully saturated rings. The number of fused-ring (bicyclic) bond motifs is 1. The normalized spacial score (nSPS) is 17.2. The quantitative estimate of drug-likeness (QED) is 0.705. The molecule has 0 atom stereocenters. The molecule has 9 heteroatoms. The highest BCUT2D eigenvalue weighted by Crippen LogP contribution is 2.32. The van der Waals surface area contributed by atoms with Crippen molar-refractivity contribution in [3.05, 3.63) is 29.5 Å². The van der Waals surface area contributed by atoms with Gasteiger partial charge in [-0.25, -0.2) is 18.5 Å². The smallest absolute Gasteiger partial charge is 0.251 e. The van der Waals surface area contributed by atoms with Gasteiger partial charge in [-0.15, -0.1) is 5.10 Å². The largest absolute Gasteiger partial charge is 0.506 e. The zero-order chi connectivity index (χ0) is 19.8. The minimum atomic E-state index is -2.33. The first-order chi connectivity index (χ1) is 13.4. The maximum Gasteiger partial charge on any atom is 0.251 e. The average molecular weight is 405 g/mol. The molecule has 1 aliphatic rings. The molecule has 148 valence electrons. The van der Waals surface area contributed by atoms with E-state index >= 15 is 0 Å². The molecule has 4 rings (SSSR count). The standard InChI is InChI=1S/C19H21F2N5OS/c1-11-6-12(2)17(14(27)7-11)26-9-15-18(24-26)23-19(28-15)22-13-4-3-5-25(8-13)10-16(20)21/h6-7,9,16,27H,3-5,8,10H2,1-2H3/b22-13+. The molecule has 0 bridgehead atoms. The van der Waals surface area contributed by atoms with Gasteiger partial charge in [-0.05, 0) is 50.4 Å². The number of alkyl halides is 2. The highest BCUT2D eigenvalue weighted by Gasteiger charge is 2.20. The Labute approximate surface area is 165 Å². The first-order valence-corrected chi connectivity index (χ1v) is 9.94. The van der Waals surface area contributed by atoms with Gasteiger partial charge in [-0.3, -0.25) is 4.90 Å². The predicted octanol–water partition coefficient (Wildman–Crippen LogP) is 4.24. The molecule has 28 heavy (non-hydrogen) atoms. The molecule has 1 saturated heterocycles. The molecule has 0 unspecified atom stereocenters. The van der Waals surface area contributed by atoms with E-state index in [1.54, 1.807) is 15.6 Å². The summed E-state index contributed by atoms with van der Waals surface area (Å²) in [6.45, 7) is 4.77. The Balaban J connectivity index is 1.58. The van der Waals surface area contributed by atoms with Gasteiger partial charge < -0.3 is 5.11 Å². The highest BCUT2D eigenvalue weighted by atomic mass is 32.1. The molecule has 0 amide bonds. The number of aromatic nitrogens is 3. The van der Waals surface area contributed by atoms with Crippen LogP contribution < -0.4 is 0 Å². The van der Waals surface area contributed by atoms with Gasteiger partial charge in [-0.1, -0.05) is 17.4 Å². The van der Waals surface area contributed by atoms with Crippen LogP contribution in [0.3, 0.4) is 0 Å². The Hall–Kier alpha value is -2.39. The molecule has 1 aromatic carbocycles. The number of thiazole rings is 1. The van der Waals surface area contributed by atoms with Crippen molar-refractivity contribution in [3.8, 4) is 11.4 Å². The van der Waals surface area contributed by atoms with Crippen molar-refractivity contribution in [2.75, 3.05) is 19.6 Å². The molecule has 2 aromatic heterocycles. The number of aryl methyl sites for hydroxylation is 2. The van der Waals surface area contributed by atoms with Crippen LogP contribution in [-0.4, -0.2) is 56.5 Å². The SMILES string of the molecule is Cc1cc(C)c(-n2cc3sc(/N=C4\CCCN(CC(F)F)C4)nc3n2)c(O)c1. The van der Waals surface area contributed by atoms with Crippen molar-refractivity contribution >= 4 is 32.5 Å². The molecule has 6 nitrogen and oxygen atoms in total. The average Bonchev–Trinajstić information content (AvgIpc) is 3.11. The summed E-state index contributed by atoms with van der Waals surface area (Å²) >= 11 is 1.41. The number of piperidine rings is 1. The predicted molar refractivity (Wildman–Crippen MR) is 107 cm³/mol. The van der Waals surface area contributed by atoms with Crippen LogP contribution in [-0.2, 0) is 0 Å². The van der Waals surface area contributed by atoms with Crippen LogP contribution >= 0.6 is 11.3 Å². The lowest BCUT2D eigenvalue weighted by molar-refractivity contribution is 0.0924. The van der Waals surface area contributed by atoms with Gasteiger partial charge in [0.05, 0.1) is 17.4 Å². The summed E-state index contributed by atoms with van der Waals surface area (Å²) in [5.74, 6) is 0.175. The Kier molecular flexibility index (Phi) is 5.11. The van der Waals surface area contributed by atoms with Crippen LogP contribution in [0.2, 0.25) is 0 Å². The van der Waals surface area contributed by atoms with Gasteiger partial charge in [-0.2, -0.15) is 4.98 Å². The third-order valence-corrected chi connectivity index (χ3v) is 5.59. The molecule has 3 heterocycles. The van der Waals surface area contributed by atoms with E-state index in [0.29, 0.717) is 29.6 Å². The summed E-state index contributed by atoms with van der Waals surface area (Å²) in [5, 5.41) is 15.4. The van der Waals surface area contributed by atoms with Crippen molar-refractivity contribution in [1.29, 1.82) is 0 Å². The van der Waals surface area contributed by atoms with Crippen LogP contribution in [0.15, 0.2) is 23.3 Å². The van der Waals surface area contributed by atoms with E-state index in [9.17, 15) is 13.9 Å². The lowest BCUT2D eigenvalue weighted by atomic mass is 10.1. The van der Waals surface area contributed by atoms with Crippen LogP contribution in [0.1, 0.15) is 24.0 Å². The Morgan fingerprint density at radius 3 is 2.86 bits per heavy atom. The third-order valence-electron chi connectivity index (χ3n) is 4.71. The fourth-order valence-corrected chi connectivity index (χ4v) is 4.44. The lowest BCUT2D eigenvalue weighted by Gasteiger charge is -2.26. The van der Waals surface area contributed by atoms with Gasteiger partial charge in [0.25, 0.3) is 6.43 Å². The molecule has 3 aromatic rings. The highest BCUT2D eigenvalue weighted by molar-refractivity contribution is 7.21. The molecule has 0 radical (unpaired) electrons. The van der Waals surface area contributed by atoms with Gasteiger partial charge in [0, 0.05) is 12.3 Å². The molecular formula is C19H21F2N5OS. The summed E-state index contributed by atoms with van der Waals surface area (Å²) in [6.07, 6.45) is 1.13. The second-order valence-corrected chi connectivity index (χ2v) is 8.12. The summed E-state index contributed by atoms with van der Waals surface area (Å²) in [4.78, 5) is 10.8. The van der Waals surface area contributed by atoms with Crippen LogP contribution in [0, 0.1) is 13.8 Å². The van der Waals surface area contributed by atoms with E-state index in [1.165, 1.54) is 11.3 Å². The zero-order valence-corrected chi connectivity index (χ0v) is 16.5. The van der Waals surface area contributed by atoms with Gasteiger partial charge in [0.1, 0.15) is 11.4 Å². The van der Waals surface area contributed by atoms with E-state index < -0.39 is 6.43 Å². The van der Waals surface area contributed by atoms with E-state index in [1.807, 2.05) is 26.1 Å². The first-order valence-electron chi connectivity index (χ1n) is 9.13. The van der Waals surface area contributed by atoms with E-state index in [4.69, 9.17) is 0 Å². The van der Waals surface area contributed by atoms with Crippen LogP contribution in [0.4, 0.5) is 13.9 Å². The van der Waals surface area contributed by atoms with Crippen molar-refractivity contribution in [3.63, 3.8) is 0 Å². The maximum absolute atomic E-state index is 12.6. The number of aliphatic imine (C=N–C) groups is 1. The molecule has 0 saturated carbocycles. The van der Waals surface area contributed by atoms with Crippen molar-refractivity contribution in [2.24, 2.45) is 4.99 Å². The summed E-state index contributed by atoms with van der Waals surface area (Å²) < 4.78 is 27.7. The number of likely N-dealkylation sites (tertiary alicyclic amines) is 1. The maximum atomic E-state index is 12.6.